The summed E-state index contributed by atoms with van der Waals surface area (Å²) in [5.41, 5.74) is -3.02. The van der Waals surface area contributed by atoms with Gasteiger partial charge in [-0.2, -0.15) is 0 Å². The first-order valence-corrected chi connectivity index (χ1v) is 23.9. The highest BCUT2D eigenvalue weighted by molar-refractivity contribution is 8.77. The van der Waals surface area contributed by atoms with Gasteiger partial charge in [0.2, 0.25) is 29.5 Å². The third-order valence-corrected chi connectivity index (χ3v) is 14.2. The Morgan fingerprint density at radius 1 is 0.727 bits per heavy atom. The Balaban J connectivity index is 2.86. The van der Waals surface area contributed by atoms with Crippen molar-refractivity contribution in [3.8, 4) is 0 Å². The Morgan fingerprint density at radius 3 is 1.84 bits per heavy atom. The number of hydrogen-bond acceptors (Lipinski definition) is 10. The fraction of sp³-hybridized carbons (Fsp3) is 0.868. The number of quaternary nitrogens is 1. The van der Waals surface area contributed by atoms with Gasteiger partial charge in [0.05, 0.1) is 37.3 Å². The van der Waals surface area contributed by atoms with Gasteiger partial charge in [0.15, 0.2) is 0 Å². The molecule has 0 aliphatic carbocycles. The quantitative estimate of drug-likeness (QED) is 0.0320. The third-order valence-electron chi connectivity index (χ3n) is 10.4. The van der Waals surface area contributed by atoms with Gasteiger partial charge in [-0.1, -0.05) is 62.6 Å². The van der Waals surface area contributed by atoms with Crippen LogP contribution in [0.1, 0.15) is 119 Å². The van der Waals surface area contributed by atoms with Crippen molar-refractivity contribution in [2.24, 2.45) is 16.2 Å². The average molecular weight is 837 g/mol. The molecular formula is C38H72N6O8S3. The summed E-state index contributed by atoms with van der Waals surface area (Å²) in [6.07, 6.45) is 7.60. The molecule has 0 saturated carbocycles. The second kappa shape index (κ2) is 24.6. The lowest BCUT2D eigenvalue weighted by Gasteiger charge is -2.41. The standard InChI is InChI=1S/C38H72N6O8S3/c1-9-37(5,34(48)42-22-12-19-39-30(2)45)29-38(6,35(49)43-23-14-24-44(7,8)25-15-27-55(50,51)52)28-36(3,4)33(47)41-21-13-20-40-32(46)17-11-10-16-31-18-26-53-54-31/h31H,9-29H2,1-8H3,(H5-,39,40,41,42,43,45,46,47,48,49,50,51,52). The normalized spacial score (nSPS) is 17.1. The zero-order valence-electron chi connectivity index (χ0n) is 34.9. The van der Waals surface area contributed by atoms with Crippen molar-refractivity contribution < 1.29 is 41.4 Å². The van der Waals surface area contributed by atoms with Gasteiger partial charge in [-0.15, -0.1) is 0 Å². The molecule has 1 fully saturated rings. The molecule has 0 aromatic rings. The van der Waals surface area contributed by atoms with E-state index in [0.717, 1.165) is 19.3 Å². The number of nitrogens with one attached hydrogen (secondary N) is 5. The summed E-state index contributed by atoms with van der Waals surface area (Å²) in [6, 6.07) is 0. The van der Waals surface area contributed by atoms with E-state index in [1.165, 1.54) is 19.1 Å². The number of rotatable bonds is 29. The predicted molar refractivity (Wildman–Crippen MR) is 222 cm³/mol. The maximum atomic E-state index is 14.1. The summed E-state index contributed by atoms with van der Waals surface area (Å²) >= 11 is 0. The highest BCUT2D eigenvalue weighted by Crippen LogP contribution is 2.44. The first kappa shape index (κ1) is 50.9. The lowest BCUT2D eigenvalue weighted by molar-refractivity contribution is -0.890. The largest absolute Gasteiger partial charge is 0.748 e. The smallest absolute Gasteiger partial charge is 0.226 e. The second-order valence-corrected chi connectivity index (χ2v) is 21.3. The van der Waals surface area contributed by atoms with E-state index >= 15 is 0 Å². The van der Waals surface area contributed by atoms with E-state index in [1.54, 1.807) is 20.8 Å². The molecule has 1 aliphatic heterocycles. The molecule has 0 spiro atoms. The molecule has 5 amide bonds. The summed E-state index contributed by atoms with van der Waals surface area (Å²) in [5, 5.41) is 15.4. The van der Waals surface area contributed by atoms with Gasteiger partial charge in [0.25, 0.3) is 0 Å². The van der Waals surface area contributed by atoms with E-state index in [1.807, 2.05) is 49.5 Å². The van der Waals surface area contributed by atoms with Crippen molar-refractivity contribution in [2.75, 3.05) is 71.4 Å². The Labute approximate surface area is 339 Å². The van der Waals surface area contributed by atoms with Crippen LogP contribution >= 0.6 is 21.6 Å². The van der Waals surface area contributed by atoms with Crippen LogP contribution < -0.4 is 26.6 Å². The van der Waals surface area contributed by atoms with E-state index < -0.39 is 32.1 Å². The number of unbranched alkanes of at least 4 members (excludes halogenated alkanes) is 1. The van der Waals surface area contributed by atoms with E-state index in [2.05, 4.69) is 26.6 Å². The average Bonchev–Trinajstić information content (AvgIpc) is 3.60. The summed E-state index contributed by atoms with van der Waals surface area (Å²) in [4.78, 5) is 64.8. The first-order chi connectivity index (χ1) is 25.5. The summed E-state index contributed by atoms with van der Waals surface area (Å²) in [7, 11) is 3.49. The minimum Gasteiger partial charge on any atom is -0.748 e. The van der Waals surface area contributed by atoms with Crippen LogP contribution in [0.3, 0.4) is 0 Å². The van der Waals surface area contributed by atoms with Gasteiger partial charge in [0.1, 0.15) is 0 Å². The Morgan fingerprint density at radius 2 is 1.27 bits per heavy atom. The maximum absolute atomic E-state index is 14.1. The molecule has 0 bridgehead atoms. The monoisotopic (exact) mass is 836 g/mol. The maximum Gasteiger partial charge on any atom is 0.226 e. The van der Waals surface area contributed by atoms with Crippen molar-refractivity contribution >= 4 is 61.2 Å². The number of amides is 5. The number of hydrogen-bond donors (Lipinski definition) is 5. The van der Waals surface area contributed by atoms with Crippen molar-refractivity contribution in [1.82, 2.24) is 26.6 Å². The zero-order chi connectivity index (χ0) is 41.8. The SMILES string of the molecule is CCC(C)(CC(C)(CC(C)(C)C(=O)NCCCNC(=O)CCCCC1CCSS1)C(=O)NCCC[N+](C)(C)CCCS(=O)(=O)[O-])C(=O)NCCCNC(C)=O. The van der Waals surface area contributed by atoms with Crippen LogP contribution in [0.25, 0.3) is 0 Å². The van der Waals surface area contributed by atoms with Crippen LogP contribution in [-0.4, -0.2) is 124 Å². The lowest BCUT2D eigenvalue weighted by Crippen LogP contribution is -2.51. The third kappa shape index (κ3) is 21.9. The number of nitrogens with zero attached hydrogens (tertiary/aromatic N) is 1. The van der Waals surface area contributed by atoms with E-state index in [9.17, 15) is 36.9 Å². The van der Waals surface area contributed by atoms with Crippen LogP contribution in [0.15, 0.2) is 0 Å². The number of carbonyl (C=O) groups is 5. The van der Waals surface area contributed by atoms with Crippen LogP contribution in [-0.2, 0) is 34.1 Å². The van der Waals surface area contributed by atoms with Crippen molar-refractivity contribution in [3.05, 3.63) is 0 Å². The van der Waals surface area contributed by atoms with Crippen LogP contribution in [0.5, 0.6) is 0 Å². The van der Waals surface area contributed by atoms with Gasteiger partial charge in [-0.3, -0.25) is 24.0 Å². The molecule has 320 valence electrons. The Bertz CT molecular complexity index is 1340. The molecule has 3 unspecified atom stereocenters. The van der Waals surface area contributed by atoms with Crippen molar-refractivity contribution in [1.29, 1.82) is 0 Å². The van der Waals surface area contributed by atoms with E-state index in [0.29, 0.717) is 87.7 Å². The minimum absolute atomic E-state index is 0.0230. The molecule has 0 aromatic heterocycles. The summed E-state index contributed by atoms with van der Waals surface area (Å²) in [6.45, 7) is 13.7. The molecule has 0 aromatic carbocycles. The Kier molecular flexibility index (Phi) is 22.8. The second-order valence-electron chi connectivity index (χ2n) is 16.9. The van der Waals surface area contributed by atoms with E-state index in [-0.39, 0.29) is 48.8 Å². The van der Waals surface area contributed by atoms with Crippen molar-refractivity contribution in [2.45, 2.75) is 124 Å². The topological polar surface area (TPSA) is 203 Å². The van der Waals surface area contributed by atoms with Crippen LogP contribution in [0, 0.1) is 16.2 Å². The molecule has 3 atom stereocenters. The molecular weight excluding hydrogens is 765 g/mol. The van der Waals surface area contributed by atoms with Gasteiger partial charge >= 0.3 is 0 Å². The van der Waals surface area contributed by atoms with Gasteiger partial charge in [-0.25, -0.2) is 8.42 Å². The van der Waals surface area contributed by atoms with Crippen LogP contribution in [0.4, 0.5) is 0 Å². The molecule has 5 N–H and O–H groups in total. The molecule has 14 nitrogen and oxygen atoms in total. The predicted octanol–water partition coefficient (Wildman–Crippen LogP) is 3.71. The lowest BCUT2D eigenvalue weighted by atomic mass is 9.64. The summed E-state index contributed by atoms with van der Waals surface area (Å²) < 4.78 is 33.6. The van der Waals surface area contributed by atoms with Crippen LogP contribution in [0.2, 0.25) is 0 Å². The number of carbonyl (C=O) groups excluding carboxylic acids is 5. The molecule has 1 heterocycles. The van der Waals surface area contributed by atoms with Gasteiger partial charge in [-0.05, 0) is 51.4 Å². The van der Waals surface area contributed by atoms with Gasteiger partial charge < -0.3 is 35.6 Å². The van der Waals surface area contributed by atoms with Crippen molar-refractivity contribution in [3.63, 3.8) is 0 Å². The highest BCUT2D eigenvalue weighted by atomic mass is 33.1. The minimum atomic E-state index is -4.28. The zero-order valence-corrected chi connectivity index (χ0v) is 37.3. The fourth-order valence-electron chi connectivity index (χ4n) is 7.05. The molecule has 0 radical (unpaired) electrons. The molecule has 1 aliphatic rings. The van der Waals surface area contributed by atoms with E-state index in [4.69, 9.17) is 0 Å². The molecule has 55 heavy (non-hydrogen) atoms. The molecule has 1 saturated heterocycles. The van der Waals surface area contributed by atoms with Gasteiger partial charge in [0, 0.05) is 91.9 Å². The Hall–Kier alpha value is -2.08. The molecule has 17 heteroatoms. The first-order valence-electron chi connectivity index (χ1n) is 19.9. The fourth-order valence-corrected chi connectivity index (χ4v) is 10.6. The molecule has 1 rings (SSSR count). The highest BCUT2D eigenvalue weighted by Gasteiger charge is 2.47. The summed E-state index contributed by atoms with van der Waals surface area (Å²) in [5.74, 6) is -0.0101.